The van der Waals surface area contributed by atoms with Gasteiger partial charge in [0, 0.05) is 39.0 Å². The van der Waals surface area contributed by atoms with Crippen molar-refractivity contribution < 1.29 is 9.59 Å². The molecule has 0 N–H and O–H groups in total. The second kappa shape index (κ2) is 12.7. The second-order valence-electron chi connectivity index (χ2n) is 6.92. The molecule has 0 aliphatic carbocycles. The van der Waals surface area contributed by atoms with Gasteiger partial charge < -0.3 is 9.80 Å². The highest BCUT2D eigenvalue weighted by atomic mass is 16.2. The molecule has 6 nitrogen and oxygen atoms in total. The molecule has 6 heteroatoms. The lowest BCUT2D eigenvalue weighted by molar-refractivity contribution is -0.137. The zero-order chi connectivity index (χ0) is 21.6. The number of carbonyl (C=O) groups is 2. The Morgan fingerprint density at radius 3 is 1.37 bits per heavy atom. The molecule has 0 atom stereocenters. The van der Waals surface area contributed by atoms with Gasteiger partial charge in [0.2, 0.25) is 11.8 Å². The second-order valence-corrected chi connectivity index (χ2v) is 6.92. The summed E-state index contributed by atoms with van der Waals surface area (Å²) < 4.78 is 0. The number of hydrogen-bond donors (Lipinski definition) is 0. The lowest BCUT2D eigenvalue weighted by Gasteiger charge is -2.24. The van der Waals surface area contributed by atoms with Crippen LogP contribution in [0.25, 0.3) is 0 Å². The predicted octanol–water partition coefficient (Wildman–Crippen LogP) is 3.65. The van der Waals surface area contributed by atoms with Crippen molar-refractivity contribution >= 4 is 11.8 Å². The van der Waals surface area contributed by atoms with Crippen molar-refractivity contribution in [3.8, 4) is 12.1 Å². The molecule has 0 saturated heterocycles. The van der Waals surface area contributed by atoms with Crippen molar-refractivity contribution in [3.05, 3.63) is 71.8 Å². The number of nitriles is 2. The van der Waals surface area contributed by atoms with Crippen LogP contribution in [0, 0.1) is 22.7 Å². The van der Waals surface area contributed by atoms with Crippen molar-refractivity contribution in [3.63, 3.8) is 0 Å². The molecule has 0 aromatic heterocycles. The monoisotopic (exact) mass is 402 g/mol. The number of carbonyl (C=O) groups excluding carboxylic acids is 2. The Bertz CT molecular complexity index is 809. The maximum atomic E-state index is 12.7. The highest BCUT2D eigenvalue weighted by Gasteiger charge is 2.19. The molecule has 2 aromatic rings. The minimum atomic E-state index is -0.151. The molecule has 0 radical (unpaired) electrons. The summed E-state index contributed by atoms with van der Waals surface area (Å²) in [5, 5.41) is 17.8. The van der Waals surface area contributed by atoms with Crippen LogP contribution in [0.3, 0.4) is 0 Å². The molecule has 2 rings (SSSR count). The number of benzene rings is 2. The Kier molecular flexibility index (Phi) is 9.62. The summed E-state index contributed by atoms with van der Waals surface area (Å²) in [7, 11) is 0. The number of rotatable bonds is 11. The minimum Gasteiger partial charge on any atom is -0.337 e. The Labute approximate surface area is 177 Å². The normalized spacial score (nSPS) is 9.93. The van der Waals surface area contributed by atoms with Crippen LogP contribution in [-0.2, 0) is 22.7 Å². The Morgan fingerprint density at radius 1 is 0.667 bits per heavy atom. The molecule has 0 heterocycles. The topological polar surface area (TPSA) is 88.2 Å². The lowest BCUT2D eigenvalue weighted by atomic mass is 10.1. The standard InChI is InChI=1S/C24H26N4O2/c25-15-7-17-27(19-21-9-3-1-4-10-21)23(29)13-14-24(30)28(18-8-16-26)20-22-11-5-2-6-12-22/h1-6,9-12H,7-8,13-14,17-20H2. The summed E-state index contributed by atoms with van der Waals surface area (Å²) in [6.45, 7) is 1.50. The van der Waals surface area contributed by atoms with Crippen LogP contribution in [0.4, 0.5) is 0 Å². The van der Waals surface area contributed by atoms with Crippen LogP contribution >= 0.6 is 0 Å². The van der Waals surface area contributed by atoms with E-state index in [2.05, 4.69) is 12.1 Å². The predicted molar refractivity (Wildman–Crippen MR) is 113 cm³/mol. The van der Waals surface area contributed by atoms with E-state index < -0.39 is 0 Å². The number of nitrogens with zero attached hydrogens (tertiary/aromatic N) is 4. The molecule has 0 aliphatic rings. The Morgan fingerprint density at radius 2 is 1.03 bits per heavy atom. The van der Waals surface area contributed by atoms with Crippen molar-refractivity contribution in [2.24, 2.45) is 0 Å². The van der Waals surface area contributed by atoms with Gasteiger partial charge in [-0.2, -0.15) is 10.5 Å². The first-order chi connectivity index (χ1) is 14.6. The van der Waals surface area contributed by atoms with Crippen molar-refractivity contribution in [2.45, 2.75) is 38.8 Å². The molecule has 0 spiro atoms. The molecule has 0 bridgehead atoms. The fourth-order valence-corrected chi connectivity index (χ4v) is 3.09. The van der Waals surface area contributed by atoms with E-state index in [0.717, 1.165) is 11.1 Å². The first-order valence-corrected chi connectivity index (χ1v) is 10.0. The average molecular weight is 402 g/mol. The quantitative estimate of drug-likeness (QED) is 0.574. The van der Waals surface area contributed by atoms with E-state index in [1.807, 2.05) is 60.7 Å². The summed E-state index contributed by atoms with van der Waals surface area (Å²) >= 11 is 0. The summed E-state index contributed by atoms with van der Waals surface area (Å²) in [6.07, 6.45) is 0.646. The van der Waals surface area contributed by atoms with E-state index in [9.17, 15) is 9.59 Å². The molecular formula is C24H26N4O2. The minimum absolute atomic E-state index is 0.0783. The molecule has 0 aliphatic heterocycles. The van der Waals surface area contributed by atoms with E-state index in [0.29, 0.717) is 26.2 Å². The number of hydrogen-bond acceptors (Lipinski definition) is 4. The first-order valence-electron chi connectivity index (χ1n) is 10.0. The summed E-state index contributed by atoms with van der Waals surface area (Å²) in [4.78, 5) is 28.7. The smallest absolute Gasteiger partial charge is 0.223 e. The summed E-state index contributed by atoms with van der Waals surface area (Å²) in [6, 6.07) is 23.3. The van der Waals surface area contributed by atoms with E-state index in [4.69, 9.17) is 10.5 Å². The molecule has 2 aromatic carbocycles. The van der Waals surface area contributed by atoms with Gasteiger partial charge in [-0.1, -0.05) is 60.7 Å². The third kappa shape index (κ3) is 7.77. The van der Waals surface area contributed by atoms with Crippen LogP contribution in [0.5, 0.6) is 0 Å². The van der Waals surface area contributed by atoms with Crippen LogP contribution in [-0.4, -0.2) is 34.7 Å². The Balaban J connectivity index is 1.97. The van der Waals surface area contributed by atoms with E-state index in [1.54, 1.807) is 9.80 Å². The third-order valence-electron chi connectivity index (χ3n) is 4.68. The van der Waals surface area contributed by atoms with E-state index in [1.165, 1.54) is 0 Å². The first kappa shape index (κ1) is 22.6. The van der Waals surface area contributed by atoms with Gasteiger partial charge in [0.1, 0.15) is 0 Å². The van der Waals surface area contributed by atoms with Gasteiger partial charge in [-0.15, -0.1) is 0 Å². The maximum Gasteiger partial charge on any atom is 0.223 e. The third-order valence-corrected chi connectivity index (χ3v) is 4.68. The molecule has 154 valence electrons. The van der Waals surface area contributed by atoms with Gasteiger partial charge in [0.15, 0.2) is 0 Å². The summed E-state index contributed by atoms with van der Waals surface area (Å²) in [5.41, 5.74) is 1.96. The fourth-order valence-electron chi connectivity index (χ4n) is 3.09. The zero-order valence-electron chi connectivity index (χ0n) is 17.0. The van der Waals surface area contributed by atoms with Gasteiger partial charge in [0.25, 0.3) is 0 Å². The van der Waals surface area contributed by atoms with Crippen molar-refractivity contribution in [1.82, 2.24) is 9.80 Å². The molecule has 2 amide bonds. The summed E-state index contributed by atoms with van der Waals surface area (Å²) in [5.74, 6) is -0.301. The van der Waals surface area contributed by atoms with Gasteiger partial charge in [-0.3, -0.25) is 9.59 Å². The van der Waals surface area contributed by atoms with Crippen molar-refractivity contribution in [2.75, 3.05) is 13.1 Å². The van der Waals surface area contributed by atoms with Gasteiger partial charge in [-0.05, 0) is 11.1 Å². The molecule has 30 heavy (non-hydrogen) atoms. The Hall–Kier alpha value is -3.64. The lowest BCUT2D eigenvalue weighted by Crippen LogP contribution is -2.35. The molecule has 0 unspecified atom stereocenters. The van der Waals surface area contributed by atoms with Crippen LogP contribution in [0.15, 0.2) is 60.7 Å². The van der Waals surface area contributed by atoms with Gasteiger partial charge in [-0.25, -0.2) is 0 Å². The zero-order valence-corrected chi connectivity index (χ0v) is 17.0. The van der Waals surface area contributed by atoms with Crippen LogP contribution in [0.1, 0.15) is 36.8 Å². The van der Waals surface area contributed by atoms with Crippen LogP contribution in [0.2, 0.25) is 0 Å². The highest BCUT2D eigenvalue weighted by Crippen LogP contribution is 2.11. The van der Waals surface area contributed by atoms with Crippen molar-refractivity contribution in [1.29, 1.82) is 10.5 Å². The highest BCUT2D eigenvalue weighted by molar-refractivity contribution is 5.83. The molecule has 0 saturated carbocycles. The molecular weight excluding hydrogens is 376 g/mol. The van der Waals surface area contributed by atoms with Gasteiger partial charge in [0.05, 0.1) is 25.0 Å². The van der Waals surface area contributed by atoms with E-state index >= 15 is 0 Å². The maximum absolute atomic E-state index is 12.7. The fraction of sp³-hybridized carbons (Fsp3) is 0.333. The van der Waals surface area contributed by atoms with E-state index in [-0.39, 0.29) is 37.5 Å². The van der Waals surface area contributed by atoms with Crippen LogP contribution < -0.4 is 0 Å². The largest absolute Gasteiger partial charge is 0.337 e. The average Bonchev–Trinajstić information content (AvgIpc) is 2.78. The molecule has 0 fully saturated rings. The SMILES string of the molecule is N#CCCN(Cc1ccccc1)C(=O)CCC(=O)N(CCC#N)Cc1ccccc1. The van der Waals surface area contributed by atoms with Gasteiger partial charge >= 0.3 is 0 Å². The number of amides is 2.